The smallest absolute Gasteiger partial charge is 0.270 e. The molecule has 1 fully saturated rings. The van der Waals surface area contributed by atoms with Crippen molar-refractivity contribution >= 4 is 33.0 Å². The highest BCUT2D eigenvalue weighted by Gasteiger charge is 2.33. The van der Waals surface area contributed by atoms with Crippen LogP contribution >= 0.6 is 11.6 Å². The first-order chi connectivity index (χ1) is 9.71. The van der Waals surface area contributed by atoms with Crippen LogP contribution < -0.4 is 0 Å². The molecular formula is C12H13ClN2O5S. The van der Waals surface area contributed by atoms with E-state index < -0.39 is 26.7 Å². The molecular weight excluding hydrogens is 320 g/mol. The molecule has 1 saturated heterocycles. The molecule has 1 aliphatic rings. The van der Waals surface area contributed by atoms with Gasteiger partial charge in [0.05, 0.1) is 27.0 Å². The third-order valence-corrected chi connectivity index (χ3v) is 5.53. The van der Waals surface area contributed by atoms with E-state index in [-0.39, 0.29) is 27.8 Å². The van der Waals surface area contributed by atoms with E-state index in [1.54, 1.807) is 0 Å². The Morgan fingerprint density at radius 3 is 2.62 bits per heavy atom. The van der Waals surface area contributed by atoms with Crippen LogP contribution in [0.1, 0.15) is 16.8 Å². The standard InChI is InChI=1S/C12H13ClN2O5S/c1-14(9-4-5-21(19,20)7-9)12(16)10-3-2-8(15(17)18)6-11(10)13/h2-3,6,9H,4-5,7H2,1H3/t9-/m1/s1. The first-order valence-electron chi connectivity index (χ1n) is 6.13. The Kier molecular flexibility index (Phi) is 4.20. The number of rotatable bonds is 3. The van der Waals surface area contributed by atoms with Gasteiger partial charge in [-0.15, -0.1) is 0 Å². The summed E-state index contributed by atoms with van der Waals surface area (Å²) in [7, 11) is -1.59. The molecule has 2 rings (SSSR count). The van der Waals surface area contributed by atoms with Gasteiger partial charge in [-0.05, 0) is 12.5 Å². The van der Waals surface area contributed by atoms with E-state index in [2.05, 4.69) is 0 Å². The summed E-state index contributed by atoms with van der Waals surface area (Å²) in [5, 5.41) is 10.6. The Labute approximate surface area is 126 Å². The van der Waals surface area contributed by atoms with Crippen molar-refractivity contribution < 1.29 is 18.1 Å². The van der Waals surface area contributed by atoms with Crippen molar-refractivity contribution in [3.63, 3.8) is 0 Å². The molecule has 21 heavy (non-hydrogen) atoms. The van der Waals surface area contributed by atoms with Gasteiger partial charge in [0.15, 0.2) is 9.84 Å². The summed E-state index contributed by atoms with van der Waals surface area (Å²) in [6, 6.07) is 3.18. The number of benzene rings is 1. The monoisotopic (exact) mass is 332 g/mol. The summed E-state index contributed by atoms with van der Waals surface area (Å²) in [6.45, 7) is 0. The molecule has 1 atom stereocenters. The molecule has 0 radical (unpaired) electrons. The first-order valence-corrected chi connectivity index (χ1v) is 8.33. The van der Waals surface area contributed by atoms with Crippen LogP contribution in [0, 0.1) is 10.1 Å². The Hall–Kier alpha value is -1.67. The number of nitrogens with zero attached hydrogens (tertiary/aromatic N) is 2. The van der Waals surface area contributed by atoms with E-state index in [1.165, 1.54) is 24.1 Å². The van der Waals surface area contributed by atoms with Crippen molar-refractivity contribution in [2.45, 2.75) is 12.5 Å². The Balaban J connectivity index is 2.22. The zero-order valence-corrected chi connectivity index (χ0v) is 12.7. The maximum atomic E-state index is 12.3. The van der Waals surface area contributed by atoms with Gasteiger partial charge in [-0.25, -0.2) is 8.42 Å². The normalized spacial score (nSPS) is 20.2. The molecule has 1 heterocycles. The zero-order chi connectivity index (χ0) is 15.8. The van der Waals surface area contributed by atoms with Crippen LogP contribution in [-0.4, -0.2) is 48.7 Å². The Morgan fingerprint density at radius 1 is 1.48 bits per heavy atom. The molecule has 9 heteroatoms. The van der Waals surface area contributed by atoms with Crippen LogP contribution in [0.3, 0.4) is 0 Å². The van der Waals surface area contributed by atoms with Crippen molar-refractivity contribution in [1.82, 2.24) is 4.90 Å². The van der Waals surface area contributed by atoms with Crippen LogP contribution in [0.4, 0.5) is 5.69 Å². The molecule has 1 amide bonds. The van der Waals surface area contributed by atoms with Crippen molar-refractivity contribution in [1.29, 1.82) is 0 Å². The predicted octanol–water partition coefficient (Wildman–Crippen LogP) is 1.51. The van der Waals surface area contributed by atoms with Gasteiger partial charge in [0.2, 0.25) is 0 Å². The topological polar surface area (TPSA) is 97.6 Å². The van der Waals surface area contributed by atoms with Gasteiger partial charge in [0, 0.05) is 25.2 Å². The van der Waals surface area contributed by atoms with Crippen LogP contribution in [0.5, 0.6) is 0 Å². The molecule has 0 aromatic heterocycles. The lowest BCUT2D eigenvalue weighted by Gasteiger charge is -2.23. The second-order valence-electron chi connectivity index (χ2n) is 4.89. The molecule has 0 spiro atoms. The molecule has 0 saturated carbocycles. The summed E-state index contributed by atoms with van der Waals surface area (Å²) < 4.78 is 22.9. The maximum absolute atomic E-state index is 12.3. The Bertz CT molecular complexity index is 704. The lowest BCUT2D eigenvalue weighted by molar-refractivity contribution is -0.384. The molecule has 7 nitrogen and oxygen atoms in total. The van der Waals surface area contributed by atoms with Crippen molar-refractivity contribution in [3.8, 4) is 0 Å². The van der Waals surface area contributed by atoms with E-state index in [9.17, 15) is 23.3 Å². The van der Waals surface area contributed by atoms with Gasteiger partial charge in [-0.1, -0.05) is 11.6 Å². The van der Waals surface area contributed by atoms with Gasteiger partial charge in [-0.3, -0.25) is 14.9 Å². The third kappa shape index (κ3) is 3.33. The van der Waals surface area contributed by atoms with Crippen LogP contribution in [-0.2, 0) is 9.84 Å². The predicted molar refractivity (Wildman–Crippen MR) is 77.3 cm³/mol. The molecule has 1 aromatic carbocycles. The minimum atomic E-state index is -3.10. The number of hydrogen-bond acceptors (Lipinski definition) is 5. The Morgan fingerprint density at radius 2 is 2.14 bits per heavy atom. The summed E-state index contributed by atoms with van der Waals surface area (Å²) >= 11 is 5.90. The number of carbonyl (C=O) groups excluding carboxylic acids is 1. The van der Waals surface area contributed by atoms with Crippen LogP contribution in [0.15, 0.2) is 18.2 Å². The fourth-order valence-corrected chi connectivity index (χ4v) is 4.26. The van der Waals surface area contributed by atoms with Gasteiger partial charge >= 0.3 is 0 Å². The minimum Gasteiger partial charge on any atom is -0.338 e. The highest BCUT2D eigenvalue weighted by Crippen LogP contribution is 2.25. The van der Waals surface area contributed by atoms with Gasteiger partial charge in [0.25, 0.3) is 11.6 Å². The number of sulfone groups is 1. The highest BCUT2D eigenvalue weighted by atomic mass is 35.5. The molecule has 0 unspecified atom stereocenters. The van der Waals surface area contributed by atoms with Crippen LogP contribution in [0.2, 0.25) is 5.02 Å². The number of hydrogen-bond donors (Lipinski definition) is 0. The number of carbonyl (C=O) groups is 1. The molecule has 114 valence electrons. The largest absolute Gasteiger partial charge is 0.338 e. The second-order valence-corrected chi connectivity index (χ2v) is 7.53. The lowest BCUT2D eigenvalue weighted by Crippen LogP contribution is -2.37. The van der Waals surface area contributed by atoms with E-state index in [1.807, 2.05) is 0 Å². The number of nitro groups is 1. The zero-order valence-electron chi connectivity index (χ0n) is 11.2. The van der Waals surface area contributed by atoms with E-state index in [0.29, 0.717) is 6.42 Å². The maximum Gasteiger partial charge on any atom is 0.270 e. The summed E-state index contributed by atoms with van der Waals surface area (Å²) in [5.74, 6) is -0.458. The van der Waals surface area contributed by atoms with E-state index >= 15 is 0 Å². The first kappa shape index (κ1) is 15.7. The SMILES string of the molecule is CN(C(=O)c1ccc([N+](=O)[O-])cc1Cl)[C@@H]1CCS(=O)(=O)C1. The van der Waals surface area contributed by atoms with Crippen molar-refractivity contribution in [3.05, 3.63) is 38.9 Å². The quantitative estimate of drug-likeness (QED) is 0.617. The highest BCUT2D eigenvalue weighted by molar-refractivity contribution is 7.91. The van der Waals surface area contributed by atoms with Gasteiger partial charge < -0.3 is 4.90 Å². The molecule has 1 aromatic rings. The fraction of sp³-hybridized carbons (Fsp3) is 0.417. The summed E-state index contributed by atoms with van der Waals surface area (Å²) in [4.78, 5) is 23.7. The fourth-order valence-electron chi connectivity index (χ4n) is 2.23. The second kappa shape index (κ2) is 5.61. The lowest BCUT2D eigenvalue weighted by atomic mass is 10.1. The van der Waals surface area contributed by atoms with E-state index in [0.717, 1.165) is 6.07 Å². The number of nitro benzene ring substituents is 1. The van der Waals surface area contributed by atoms with Crippen LogP contribution in [0.25, 0.3) is 0 Å². The number of non-ortho nitro benzene ring substituents is 1. The number of halogens is 1. The van der Waals surface area contributed by atoms with Crippen molar-refractivity contribution in [2.75, 3.05) is 18.6 Å². The van der Waals surface area contributed by atoms with E-state index in [4.69, 9.17) is 11.6 Å². The molecule has 1 aliphatic heterocycles. The minimum absolute atomic E-state index is 0.0260. The molecule has 0 bridgehead atoms. The number of amides is 1. The molecule has 0 aliphatic carbocycles. The summed E-state index contributed by atoms with van der Waals surface area (Å²) in [5.41, 5.74) is -0.0864. The average Bonchev–Trinajstić information content (AvgIpc) is 2.77. The van der Waals surface area contributed by atoms with Crippen molar-refractivity contribution in [2.24, 2.45) is 0 Å². The molecule has 0 N–H and O–H groups in total. The summed E-state index contributed by atoms with van der Waals surface area (Å²) in [6.07, 6.45) is 0.384. The van der Waals surface area contributed by atoms with Gasteiger partial charge in [0.1, 0.15) is 0 Å². The average molecular weight is 333 g/mol. The third-order valence-electron chi connectivity index (χ3n) is 3.47. The van der Waals surface area contributed by atoms with Gasteiger partial charge in [-0.2, -0.15) is 0 Å².